The number of aliphatic hydroxyl groups is 1. The van der Waals surface area contributed by atoms with E-state index in [0.717, 1.165) is 42.6 Å². The first-order valence-corrected chi connectivity index (χ1v) is 8.69. The minimum Gasteiger partial charge on any atom is -0.385 e. The number of piperidine rings is 1. The van der Waals surface area contributed by atoms with Gasteiger partial charge in [0.05, 0.1) is 0 Å². The Morgan fingerprint density at radius 3 is 2.86 bits per heavy atom. The van der Waals surface area contributed by atoms with E-state index in [1.54, 1.807) is 18.0 Å². The van der Waals surface area contributed by atoms with Crippen LogP contribution >= 0.6 is 11.8 Å². The Morgan fingerprint density at radius 1 is 1.36 bits per heavy atom. The van der Waals surface area contributed by atoms with E-state index in [-0.39, 0.29) is 5.92 Å². The fourth-order valence-corrected chi connectivity index (χ4v) is 3.27. The van der Waals surface area contributed by atoms with Crippen LogP contribution in [0.1, 0.15) is 24.8 Å². The van der Waals surface area contributed by atoms with E-state index in [9.17, 15) is 5.11 Å². The average Bonchev–Trinajstić information content (AvgIpc) is 3.00. The van der Waals surface area contributed by atoms with Gasteiger partial charge in [-0.1, -0.05) is 0 Å². The zero-order valence-electron chi connectivity index (χ0n) is 12.9. The van der Waals surface area contributed by atoms with Gasteiger partial charge in [-0.3, -0.25) is 0 Å². The van der Waals surface area contributed by atoms with E-state index >= 15 is 0 Å². The van der Waals surface area contributed by atoms with E-state index < -0.39 is 6.10 Å². The minimum atomic E-state index is -0.541. The normalized spacial score (nSPS) is 20.1. The van der Waals surface area contributed by atoms with Crippen molar-refractivity contribution in [2.24, 2.45) is 13.0 Å². The van der Waals surface area contributed by atoms with E-state index in [0.29, 0.717) is 0 Å². The van der Waals surface area contributed by atoms with Crippen LogP contribution in [0.25, 0.3) is 0 Å². The van der Waals surface area contributed by atoms with Gasteiger partial charge in [0, 0.05) is 38.4 Å². The lowest BCUT2D eigenvalue weighted by Gasteiger charge is -2.35. The first-order chi connectivity index (χ1) is 10.7. The quantitative estimate of drug-likeness (QED) is 0.868. The van der Waals surface area contributed by atoms with Crippen molar-refractivity contribution >= 4 is 17.6 Å². The van der Waals surface area contributed by atoms with Crippen LogP contribution in [0.4, 0.5) is 5.82 Å². The lowest BCUT2D eigenvalue weighted by Crippen LogP contribution is -2.39. The molecule has 2 aromatic heterocycles. The second kappa shape index (κ2) is 6.66. The molecule has 1 saturated heterocycles. The van der Waals surface area contributed by atoms with Gasteiger partial charge in [0.25, 0.3) is 0 Å². The summed E-state index contributed by atoms with van der Waals surface area (Å²) in [7, 11) is 1.92. The van der Waals surface area contributed by atoms with Crippen LogP contribution in [0.3, 0.4) is 0 Å². The summed E-state index contributed by atoms with van der Waals surface area (Å²) < 4.78 is 1.89. The second-order valence-electron chi connectivity index (χ2n) is 5.62. The summed E-state index contributed by atoms with van der Waals surface area (Å²) in [6.07, 6.45) is 7.08. The zero-order valence-corrected chi connectivity index (χ0v) is 13.7. The topological polar surface area (TPSA) is 67.1 Å². The summed E-state index contributed by atoms with van der Waals surface area (Å²) >= 11 is 1.59. The second-order valence-corrected chi connectivity index (χ2v) is 6.45. The molecular formula is C15H21N5OS. The molecule has 7 heteroatoms. The molecule has 0 saturated carbocycles. The van der Waals surface area contributed by atoms with Crippen LogP contribution in [0.15, 0.2) is 29.6 Å². The molecule has 22 heavy (non-hydrogen) atoms. The van der Waals surface area contributed by atoms with Gasteiger partial charge in [0.2, 0.25) is 0 Å². The largest absolute Gasteiger partial charge is 0.385 e. The Balaban J connectivity index is 1.72. The molecule has 2 unspecified atom stereocenters. The molecule has 0 radical (unpaired) electrons. The Labute approximate surface area is 134 Å². The number of rotatable bonds is 4. The Hall–Kier alpha value is -1.60. The molecule has 0 aromatic carbocycles. The Kier molecular flexibility index (Phi) is 4.63. The lowest BCUT2D eigenvalue weighted by molar-refractivity contribution is 0.0873. The van der Waals surface area contributed by atoms with Gasteiger partial charge in [0.1, 0.15) is 17.0 Å². The molecule has 1 aliphatic heterocycles. The molecule has 1 fully saturated rings. The molecule has 3 rings (SSSR count). The third-order valence-corrected chi connectivity index (χ3v) is 4.82. The minimum absolute atomic E-state index is 0.164. The zero-order chi connectivity index (χ0) is 15.5. The maximum absolute atomic E-state index is 10.6. The molecule has 1 N–H and O–H groups in total. The van der Waals surface area contributed by atoms with E-state index in [4.69, 9.17) is 0 Å². The molecule has 0 spiro atoms. The number of aryl methyl sites for hydroxylation is 1. The number of hydrogen-bond acceptors (Lipinski definition) is 6. The number of nitrogens with zero attached hydrogens (tertiary/aromatic N) is 5. The van der Waals surface area contributed by atoms with Gasteiger partial charge in [-0.25, -0.2) is 4.98 Å². The fourth-order valence-electron chi connectivity index (χ4n) is 2.94. The molecule has 2 aromatic rings. The van der Waals surface area contributed by atoms with E-state index in [1.165, 1.54) is 0 Å². The molecule has 0 amide bonds. The van der Waals surface area contributed by atoms with Crippen molar-refractivity contribution in [1.82, 2.24) is 19.7 Å². The van der Waals surface area contributed by atoms with Crippen molar-refractivity contribution in [3.05, 3.63) is 30.4 Å². The molecule has 1 aliphatic rings. The van der Waals surface area contributed by atoms with Crippen molar-refractivity contribution in [1.29, 1.82) is 0 Å². The van der Waals surface area contributed by atoms with Crippen molar-refractivity contribution in [2.45, 2.75) is 24.0 Å². The highest BCUT2D eigenvalue weighted by molar-refractivity contribution is 7.98. The van der Waals surface area contributed by atoms with Crippen LogP contribution in [-0.4, -0.2) is 44.2 Å². The standard InChI is InChI=1S/C15H21N5OS/c1-19-9-7-16-15(19)14(21)11-4-3-8-20(10-11)12-5-6-13(22-2)18-17-12/h5-7,9,11,14,21H,3-4,8,10H2,1-2H3. The van der Waals surface area contributed by atoms with Crippen molar-refractivity contribution in [3.8, 4) is 0 Å². The molecular weight excluding hydrogens is 298 g/mol. The van der Waals surface area contributed by atoms with Gasteiger partial charge in [-0.15, -0.1) is 22.0 Å². The van der Waals surface area contributed by atoms with Gasteiger partial charge in [0.15, 0.2) is 5.82 Å². The predicted octanol–water partition coefficient (Wildman–Crippen LogP) is 1.88. The van der Waals surface area contributed by atoms with Crippen LogP contribution in [-0.2, 0) is 7.05 Å². The Morgan fingerprint density at radius 2 is 2.23 bits per heavy atom. The predicted molar refractivity (Wildman–Crippen MR) is 86.9 cm³/mol. The first-order valence-electron chi connectivity index (χ1n) is 7.47. The number of anilines is 1. The van der Waals surface area contributed by atoms with Crippen LogP contribution in [0, 0.1) is 5.92 Å². The number of thioether (sulfide) groups is 1. The highest BCUT2D eigenvalue weighted by Gasteiger charge is 2.29. The summed E-state index contributed by atoms with van der Waals surface area (Å²) in [5, 5.41) is 20.0. The molecule has 0 aliphatic carbocycles. The van der Waals surface area contributed by atoms with E-state index in [1.807, 2.05) is 36.2 Å². The highest BCUT2D eigenvalue weighted by Crippen LogP contribution is 2.30. The summed E-state index contributed by atoms with van der Waals surface area (Å²) in [5.74, 6) is 1.78. The summed E-state index contributed by atoms with van der Waals surface area (Å²) in [6.45, 7) is 1.73. The van der Waals surface area contributed by atoms with E-state index in [2.05, 4.69) is 20.1 Å². The monoisotopic (exact) mass is 319 g/mol. The molecule has 118 valence electrons. The van der Waals surface area contributed by atoms with Gasteiger partial charge < -0.3 is 14.6 Å². The maximum atomic E-state index is 10.6. The summed E-state index contributed by atoms with van der Waals surface area (Å²) in [5.41, 5.74) is 0. The lowest BCUT2D eigenvalue weighted by atomic mass is 9.92. The molecule has 2 atom stereocenters. The Bertz CT molecular complexity index is 615. The maximum Gasteiger partial charge on any atom is 0.151 e. The SMILES string of the molecule is CSc1ccc(N2CCCC(C(O)c3nccn3C)C2)nn1. The van der Waals surface area contributed by atoms with Gasteiger partial charge >= 0.3 is 0 Å². The first kappa shape index (κ1) is 15.3. The molecule has 0 bridgehead atoms. The third kappa shape index (κ3) is 3.10. The smallest absolute Gasteiger partial charge is 0.151 e. The summed E-state index contributed by atoms with van der Waals surface area (Å²) in [6, 6.07) is 4.00. The number of aromatic nitrogens is 4. The average molecular weight is 319 g/mol. The molecule has 3 heterocycles. The van der Waals surface area contributed by atoms with Crippen molar-refractivity contribution < 1.29 is 5.11 Å². The number of hydrogen-bond donors (Lipinski definition) is 1. The summed E-state index contributed by atoms with van der Waals surface area (Å²) in [4.78, 5) is 6.48. The van der Waals surface area contributed by atoms with Crippen molar-refractivity contribution in [2.75, 3.05) is 24.2 Å². The van der Waals surface area contributed by atoms with Crippen molar-refractivity contribution in [3.63, 3.8) is 0 Å². The fraction of sp³-hybridized carbons (Fsp3) is 0.533. The molecule has 6 nitrogen and oxygen atoms in total. The third-order valence-electron chi connectivity index (χ3n) is 4.19. The van der Waals surface area contributed by atoms with Gasteiger partial charge in [-0.05, 0) is 31.2 Å². The number of aliphatic hydroxyl groups excluding tert-OH is 1. The van der Waals surface area contributed by atoms with Crippen LogP contribution < -0.4 is 4.90 Å². The van der Waals surface area contributed by atoms with Crippen LogP contribution in [0.5, 0.6) is 0 Å². The highest BCUT2D eigenvalue weighted by atomic mass is 32.2. The van der Waals surface area contributed by atoms with Gasteiger partial charge in [-0.2, -0.15) is 0 Å². The van der Waals surface area contributed by atoms with Crippen LogP contribution in [0.2, 0.25) is 0 Å². The number of imidazole rings is 1.